The second kappa shape index (κ2) is 3.22. The minimum absolute atomic E-state index is 0.555. The SMILES string of the molecule is Cc1ccc(C=CCN)o1. The van der Waals surface area contributed by atoms with Gasteiger partial charge in [-0.2, -0.15) is 0 Å². The van der Waals surface area contributed by atoms with Crippen molar-refractivity contribution in [3.63, 3.8) is 0 Å². The summed E-state index contributed by atoms with van der Waals surface area (Å²) in [6.07, 6.45) is 3.73. The molecule has 0 atom stereocenters. The van der Waals surface area contributed by atoms with E-state index in [1.165, 1.54) is 0 Å². The third-order valence-electron chi connectivity index (χ3n) is 1.18. The highest BCUT2D eigenvalue weighted by Gasteiger charge is 1.90. The number of aryl methyl sites for hydroxylation is 1. The minimum atomic E-state index is 0.555. The van der Waals surface area contributed by atoms with E-state index in [4.69, 9.17) is 10.2 Å². The fourth-order valence-electron chi connectivity index (χ4n) is 0.727. The molecule has 2 nitrogen and oxygen atoms in total. The smallest absolute Gasteiger partial charge is 0.126 e. The molecule has 2 heteroatoms. The lowest BCUT2D eigenvalue weighted by Gasteiger charge is -1.82. The first-order valence-corrected chi connectivity index (χ1v) is 3.26. The molecule has 0 bridgehead atoms. The molecule has 0 radical (unpaired) electrons. The summed E-state index contributed by atoms with van der Waals surface area (Å²) in [5.74, 6) is 1.79. The highest BCUT2D eigenvalue weighted by Crippen LogP contribution is 2.06. The Morgan fingerprint density at radius 3 is 2.90 bits per heavy atom. The summed E-state index contributed by atoms with van der Waals surface area (Å²) in [6, 6.07) is 3.84. The molecule has 0 aromatic carbocycles. The van der Waals surface area contributed by atoms with Crippen molar-refractivity contribution in [2.45, 2.75) is 6.92 Å². The van der Waals surface area contributed by atoms with Crippen molar-refractivity contribution in [3.05, 3.63) is 29.7 Å². The molecule has 0 aliphatic rings. The molecule has 0 aliphatic heterocycles. The lowest BCUT2D eigenvalue weighted by Crippen LogP contribution is -1.91. The van der Waals surface area contributed by atoms with Crippen molar-refractivity contribution in [1.29, 1.82) is 0 Å². The van der Waals surface area contributed by atoms with Crippen molar-refractivity contribution in [2.75, 3.05) is 6.54 Å². The van der Waals surface area contributed by atoms with Gasteiger partial charge in [0.2, 0.25) is 0 Å². The van der Waals surface area contributed by atoms with Crippen LogP contribution in [0.2, 0.25) is 0 Å². The number of furan rings is 1. The lowest BCUT2D eigenvalue weighted by atomic mass is 10.4. The summed E-state index contributed by atoms with van der Waals surface area (Å²) < 4.78 is 5.24. The molecule has 0 saturated heterocycles. The van der Waals surface area contributed by atoms with Gasteiger partial charge in [-0.3, -0.25) is 0 Å². The molecule has 0 saturated carbocycles. The molecular weight excluding hydrogens is 126 g/mol. The summed E-state index contributed by atoms with van der Waals surface area (Å²) in [5.41, 5.74) is 5.25. The van der Waals surface area contributed by atoms with E-state index in [1.807, 2.05) is 31.2 Å². The van der Waals surface area contributed by atoms with Gasteiger partial charge in [0.1, 0.15) is 11.5 Å². The van der Waals surface area contributed by atoms with Gasteiger partial charge < -0.3 is 10.2 Å². The molecule has 0 amide bonds. The van der Waals surface area contributed by atoms with E-state index >= 15 is 0 Å². The molecule has 0 unspecified atom stereocenters. The zero-order valence-electron chi connectivity index (χ0n) is 6.00. The third-order valence-corrected chi connectivity index (χ3v) is 1.18. The second-order valence-corrected chi connectivity index (χ2v) is 2.09. The van der Waals surface area contributed by atoms with Crippen molar-refractivity contribution in [2.24, 2.45) is 5.73 Å². The van der Waals surface area contributed by atoms with Crippen LogP contribution < -0.4 is 5.73 Å². The van der Waals surface area contributed by atoms with E-state index < -0.39 is 0 Å². The van der Waals surface area contributed by atoms with Gasteiger partial charge in [0.15, 0.2) is 0 Å². The topological polar surface area (TPSA) is 39.2 Å². The quantitative estimate of drug-likeness (QED) is 0.671. The van der Waals surface area contributed by atoms with Crippen LogP contribution in [-0.2, 0) is 0 Å². The van der Waals surface area contributed by atoms with Gasteiger partial charge in [0.25, 0.3) is 0 Å². The normalized spacial score (nSPS) is 11.0. The Kier molecular flexibility index (Phi) is 2.29. The molecule has 0 aliphatic carbocycles. The van der Waals surface area contributed by atoms with Crippen LogP contribution in [0.1, 0.15) is 11.5 Å². The van der Waals surface area contributed by atoms with Crippen LogP contribution in [-0.4, -0.2) is 6.54 Å². The highest BCUT2D eigenvalue weighted by molar-refractivity contribution is 5.42. The van der Waals surface area contributed by atoms with E-state index in [2.05, 4.69) is 0 Å². The largest absolute Gasteiger partial charge is 0.462 e. The fraction of sp³-hybridized carbons (Fsp3) is 0.250. The Morgan fingerprint density at radius 2 is 2.40 bits per heavy atom. The number of hydrogen-bond acceptors (Lipinski definition) is 2. The van der Waals surface area contributed by atoms with Crippen LogP contribution in [0.4, 0.5) is 0 Å². The van der Waals surface area contributed by atoms with Gasteiger partial charge in [-0.1, -0.05) is 6.08 Å². The highest BCUT2D eigenvalue weighted by atomic mass is 16.3. The second-order valence-electron chi connectivity index (χ2n) is 2.09. The van der Waals surface area contributed by atoms with Crippen LogP contribution in [0.25, 0.3) is 6.08 Å². The molecule has 1 heterocycles. The average molecular weight is 137 g/mol. The van der Waals surface area contributed by atoms with Gasteiger partial charge in [-0.05, 0) is 25.1 Å². The standard InChI is InChI=1S/C8H11NO/c1-7-4-5-8(10-7)3-2-6-9/h2-5H,6,9H2,1H3. The maximum absolute atomic E-state index is 5.25. The monoisotopic (exact) mass is 137 g/mol. The van der Waals surface area contributed by atoms with E-state index in [0.29, 0.717) is 6.54 Å². The summed E-state index contributed by atoms with van der Waals surface area (Å²) in [5, 5.41) is 0. The average Bonchev–Trinajstić information content (AvgIpc) is 2.31. The van der Waals surface area contributed by atoms with Crippen LogP contribution in [0.5, 0.6) is 0 Å². The third kappa shape index (κ3) is 1.74. The van der Waals surface area contributed by atoms with E-state index in [1.54, 1.807) is 0 Å². The summed E-state index contributed by atoms with van der Waals surface area (Å²) in [4.78, 5) is 0. The predicted octanol–water partition coefficient (Wildman–Crippen LogP) is 1.56. The number of hydrogen-bond donors (Lipinski definition) is 1. The Hall–Kier alpha value is -1.02. The van der Waals surface area contributed by atoms with Crippen molar-refractivity contribution < 1.29 is 4.42 Å². The van der Waals surface area contributed by atoms with Crippen molar-refractivity contribution >= 4 is 6.08 Å². The molecule has 0 fully saturated rings. The predicted molar refractivity (Wildman–Crippen MR) is 41.5 cm³/mol. The van der Waals surface area contributed by atoms with Gasteiger partial charge in [-0.15, -0.1) is 0 Å². The summed E-state index contributed by atoms with van der Waals surface area (Å²) >= 11 is 0. The van der Waals surface area contributed by atoms with Crippen molar-refractivity contribution in [1.82, 2.24) is 0 Å². The molecule has 1 aromatic heterocycles. The Balaban J connectivity index is 2.67. The molecule has 10 heavy (non-hydrogen) atoms. The zero-order chi connectivity index (χ0) is 7.40. The Labute approximate surface area is 60.3 Å². The molecule has 0 spiro atoms. The maximum atomic E-state index is 5.25. The van der Waals surface area contributed by atoms with Crippen LogP contribution in [0.3, 0.4) is 0 Å². The van der Waals surface area contributed by atoms with Crippen LogP contribution in [0.15, 0.2) is 22.6 Å². The molecule has 1 aromatic rings. The number of rotatable bonds is 2. The molecule has 1 rings (SSSR count). The fourth-order valence-corrected chi connectivity index (χ4v) is 0.727. The molecule has 54 valence electrons. The maximum Gasteiger partial charge on any atom is 0.126 e. The van der Waals surface area contributed by atoms with Gasteiger partial charge in [0, 0.05) is 6.54 Å². The van der Waals surface area contributed by atoms with Crippen LogP contribution >= 0.6 is 0 Å². The van der Waals surface area contributed by atoms with E-state index in [-0.39, 0.29) is 0 Å². The number of nitrogens with two attached hydrogens (primary N) is 1. The van der Waals surface area contributed by atoms with Crippen LogP contribution in [0, 0.1) is 6.92 Å². The summed E-state index contributed by atoms with van der Waals surface area (Å²) in [7, 11) is 0. The first-order chi connectivity index (χ1) is 4.83. The van der Waals surface area contributed by atoms with Crippen molar-refractivity contribution in [3.8, 4) is 0 Å². The molecule has 2 N–H and O–H groups in total. The zero-order valence-corrected chi connectivity index (χ0v) is 6.00. The molecular formula is C8H11NO. The van der Waals surface area contributed by atoms with E-state index in [0.717, 1.165) is 11.5 Å². The van der Waals surface area contributed by atoms with E-state index in [9.17, 15) is 0 Å². The van der Waals surface area contributed by atoms with Gasteiger partial charge in [-0.25, -0.2) is 0 Å². The first kappa shape index (κ1) is 7.09. The van der Waals surface area contributed by atoms with Gasteiger partial charge in [0.05, 0.1) is 0 Å². The van der Waals surface area contributed by atoms with Gasteiger partial charge >= 0.3 is 0 Å². The lowest BCUT2D eigenvalue weighted by molar-refractivity contribution is 0.525. The first-order valence-electron chi connectivity index (χ1n) is 3.26. The minimum Gasteiger partial charge on any atom is -0.462 e. The Bertz CT molecular complexity index is 225. The Morgan fingerprint density at radius 1 is 1.60 bits per heavy atom. The summed E-state index contributed by atoms with van der Waals surface area (Å²) in [6.45, 7) is 2.47.